The SMILES string of the molecule is CCCC1=C(C(=O)OCC)[C@@H](c2cc(Cl)ccc2OC)n2c(s/c(=C/c3ccc(OCc4ccc(Br)cc4)c(OC)c3)c2=O)=N1. The molecule has 0 N–H and O–H groups in total. The summed E-state index contributed by atoms with van der Waals surface area (Å²) in [6, 6.07) is 17.7. The summed E-state index contributed by atoms with van der Waals surface area (Å²) < 4.78 is 25.8. The average molecular weight is 712 g/mol. The maximum absolute atomic E-state index is 14.2. The van der Waals surface area contributed by atoms with E-state index in [4.69, 9.17) is 35.5 Å². The molecule has 2 heterocycles. The summed E-state index contributed by atoms with van der Waals surface area (Å²) in [5.41, 5.74) is 2.89. The van der Waals surface area contributed by atoms with Gasteiger partial charge in [-0.2, -0.15) is 0 Å². The van der Waals surface area contributed by atoms with Gasteiger partial charge in [0.2, 0.25) is 0 Å². The number of benzene rings is 3. The van der Waals surface area contributed by atoms with E-state index in [0.717, 1.165) is 22.0 Å². The molecule has 0 radical (unpaired) electrons. The van der Waals surface area contributed by atoms with Crippen molar-refractivity contribution in [3.8, 4) is 17.2 Å². The monoisotopic (exact) mass is 710 g/mol. The minimum absolute atomic E-state index is 0.177. The zero-order valence-corrected chi connectivity index (χ0v) is 28.4. The maximum Gasteiger partial charge on any atom is 0.338 e. The van der Waals surface area contributed by atoms with E-state index in [-0.39, 0.29) is 12.2 Å². The van der Waals surface area contributed by atoms with Gasteiger partial charge in [0.05, 0.1) is 36.6 Å². The number of allylic oxidation sites excluding steroid dienone is 1. The predicted octanol–water partition coefficient (Wildman–Crippen LogP) is 6.59. The molecule has 11 heteroatoms. The largest absolute Gasteiger partial charge is 0.496 e. The Balaban J connectivity index is 1.61. The molecule has 4 aromatic rings. The van der Waals surface area contributed by atoms with E-state index in [0.29, 0.717) is 61.5 Å². The number of hydrogen-bond acceptors (Lipinski definition) is 8. The van der Waals surface area contributed by atoms with Crippen molar-refractivity contribution < 1.29 is 23.7 Å². The lowest BCUT2D eigenvalue weighted by Gasteiger charge is -2.27. The van der Waals surface area contributed by atoms with E-state index < -0.39 is 12.0 Å². The Hall–Kier alpha value is -3.86. The van der Waals surface area contributed by atoms with Crippen molar-refractivity contribution in [2.45, 2.75) is 39.3 Å². The van der Waals surface area contributed by atoms with E-state index >= 15 is 0 Å². The minimum atomic E-state index is -0.846. The van der Waals surface area contributed by atoms with Crippen LogP contribution >= 0.6 is 38.9 Å². The Morgan fingerprint density at radius 2 is 1.76 bits per heavy atom. The summed E-state index contributed by atoms with van der Waals surface area (Å²) in [5, 5.41) is 0.444. The second-order valence-electron chi connectivity index (χ2n) is 10.1. The molecule has 5 rings (SSSR count). The molecule has 0 amide bonds. The van der Waals surface area contributed by atoms with Gasteiger partial charge in [-0.25, -0.2) is 9.79 Å². The molecular weight excluding hydrogens is 680 g/mol. The molecule has 45 heavy (non-hydrogen) atoms. The maximum atomic E-state index is 14.2. The number of aromatic nitrogens is 1. The van der Waals surface area contributed by atoms with Gasteiger partial charge >= 0.3 is 5.97 Å². The summed E-state index contributed by atoms with van der Waals surface area (Å²) in [4.78, 5) is 32.9. The first-order valence-electron chi connectivity index (χ1n) is 14.4. The standard InChI is InChI=1S/C34H32BrClN2O6S/c1-5-7-25-30(33(40)43-6-2)31(24-18-23(36)13-15-26(24)41-3)38-32(39)29(45-34(38)37-25)17-21-10-14-27(28(16-21)42-4)44-19-20-8-11-22(35)12-9-20/h8-18,31H,5-7,19H2,1-4H3/b29-17+/t31-/m1/s1. The van der Waals surface area contributed by atoms with Crippen molar-refractivity contribution >= 4 is 50.9 Å². The van der Waals surface area contributed by atoms with Crippen LogP contribution in [-0.2, 0) is 16.1 Å². The number of rotatable bonds is 11. The van der Waals surface area contributed by atoms with Gasteiger partial charge in [-0.3, -0.25) is 9.36 Å². The predicted molar refractivity (Wildman–Crippen MR) is 179 cm³/mol. The summed E-state index contributed by atoms with van der Waals surface area (Å²) in [5.74, 6) is 1.07. The topological polar surface area (TPSA) is 88.4 Å². The number of hydrogen-bond donors (Lipinski definition) is 0. The first-order valence-corrected chi connectivity index (χ1v) is 16.4. The van der Waals surface area contributed by atoms with Crippen LogP contribution in [0.2, 0.25) is 5.02 Å². The van der Waals surface area contributed by atoms with Crippen LogP contribution in [-0.4, -0.2) is 31.4 Å². The molecule has 0 fully saturated rings. The van der Waals surface area contributed by atoms with E-state index in [1.807, 2.05) is 49.4 Å². The van der Waals surface area contributed by atoms with Crippen LogP contribution in [0.3, 0.4) is 0 Å². The molecule has 0 bridgehead atoms. The highest BCUT2D eigenvalue weighted by molar-refractivity contribution is 9.10. The summed E-state index contributed by atoms with van der Waals surface area (Å²) in [6.07, 6.45) is 3.05. The number of carbonyl (C=O) groups is 1. The lowest BCUT2D eigenvalue weighted by molar-refractivity contribution is -0.139. The van der Waals surface area contributed by atoms with Crippen molar-refractivity contribution in [3.63, 3.8) is 0 Å². The van der Waals surface area contributed by atoms with Gasteiger partial charge in [0.25, 0.3) is 5.56 Å². The molecule has 1 aliphatic rings. The second-order valence-corrected chi connectivity index (χ2v) is 12.5. The summed E-state index contributed by atoms with van der Waals surface area (Å²) >= 11 is 11.1. The Kier molecular flexibility index (Phi) is 10.5. The van der Waals surface area contributed by atoms with E-state index in [1.54, 1.807) is 38.3 Å². The zero-order valence-electron chi connectivity index (χ0n) is 25.3. The average Bonchev–Trinajstić information content (AvgIpc) is 3.34. The fraction of sp³-hybridized carbons (Fsp3) is 0.265. The molecule has 1 aromatic heterocycles. The molecule has 8 nitrogen and oxygen atoms in total. The highest BCUT2D eigenvalue weighted by Gasteiger charge is 2.36. The molecule has 1 atom stereocenters. The second kappa shape index (κ2) is 14.5. The molecule has 3 aromatic carbocycles. The van der Waals surface area contributed by atoms with Gasteiger partial charge in [0, 0.05) is 15.1 Å². The smallest absolute Gasteiger partial charge is 0.338 e. The van der Waals surface area contributed by atoms with Gasteiger partial charge in [-0.1, -0.05) is 70.4 Å². The third-order valence-electron chi connectivity index (χ3n) is 7.17. The third kappa shape index (κ3) is 7.03. The lowest BCUT2D eigenvalue weighted by Crippen LogP contribution is -2.40. The lowest BCUT2D eigenvalue weighted by atomic mass is 9.93. The number of methoxy groups -OCH3 is 2. The van der Waals surface area contributed by atoms with Gasteiger partial charge in [-0.15, -0.1) is 0 Å². The number of fused-ring (bicyclic) bond motifs is 1. The van der Waals surface area contributed by atoms with Gasteiger partial charge in [-0.05, 0) is 73.0 Å². The quantitative estimate of drug-likeness (QED) is 0.163. The molecule has 0 saturated heterocycles. The van der Waals surface area contributed by atoms with Crippen molar-refractivity contribution in [1.82, 2.24) is 4.57 Å². The van der Waals surface area contributed by atoms with Gasteiger partial charge < -0.3 is 18.9 Å². The molecule has 0 saturated carbocycles. The highest BCUT2D eigenvalue weighted by atomic mass is 79.9. The molecular formula is C34H32BrClN2O6S. The Bertz CT molecular complexity index is 1930. The van der Waals surface area contributed by atoms with E-state index in [1.165, 1.54) is 23.0 Å². The number of thiazole rings is 1. The zero-order chi connectivity index (χ0) is 32.1. The molecule has 234 valence electrons. The van der Waals surface area contributed by atoms with E-state index in [9.17, 15) is 9.59 Å². The Labute approximate surface area is 278 Å². The normalized spacial score (nSPS) is 14.5. The Morgan fingerprint density at radius 1 is 1.02 bits per heavy atom. The van der Waals surface area contributed by atoms with Gasteiger partial charge in [0.1, 0.15) is 18.4 Å². The highest BCUT2D eigenvalue weighted by Crippen LogP contribution is 2.38. The van der Waals surface area contributed by atoms with Crippen molar-refractivity contribution in [1.29, 1.82) is 0 Å². The first kappa shape index (κ1) is 32.5. The Morgan fingerprint density at radius 3 is 2.44 bits per heavy atom. The number of nitrogens with zero attached hydrogens (tertiary/aromatic N) is 2. The number of ether oxygens (including phenoxy) is 4. The number of halogens is 2. The molecule has 0 unspecified atom stereocenters. The van der Waals surface area contributed by atoms with Crippen LogP contribution in [0.5, 0.6) is 17.2 Å². The van der Waals surface area contributed by atoms with Crippen LogP contribution < -0.4 is 29.1 Å². The minimum Gasteiger partial charge on any atom is -0.496 e. The molecule has 0 aliphatic carbocycles. The van der Waals surface area contributed by atoms with Crippen molar-refractivity contribution in [2.75, 3.05) is 20.8 Å². The first-order chi connectivity index (χ1) is 21.8. The summed E-state index contributed by atoms with van der Waals surface area (Å²) in [7, 11) is 3.11. The van der Waals surface area contributed by atoms with Gasteiger partial charge in [0.15, 0.2) is 16.3 Å². The van der Waals surface area contributed by atoms with Crippen LogP contribution in [0.15, 0.2) is 86.2 Å². The van der Waals surface area contributed by atoms with Crippen molar-refractivity contribution in [2.24, 2.45) is 4.99 Å². The number of carbonyl (C=O) groups excluding carboxylic acids is 1. The van der Waals surface area contributed by atoms with Crippen LogP contribution in [0.25, 0.3) is 6.08 Å². The number of esters is 1. The fourth-order valence-electron chi connectivity index (χ4n) is 5.12. The van der Waals surface area contributed by atoms with E-state index in [2.05, 4.69) is 15.9 Å². The molecule has 0 spiro atoms. The van der Waals surface area contributed by atoms with Crippen LogP contribution in [0.4, 0.5) is 0 Å². The van der Waals surface area contributed by atoms with Crippen molar-refractivity contribution in [3.05, 3.63) is 118 Å². The van der Waals surface area contributed by atoms with Crippen LogP contribution in [0.1, 0.15) is 49.4 Å². The van der Waals surface area contributed by atoms with Crippen LogP contribution in [0, 0.1) is 0 Å². The third-order valence-corrected chi connectivity index (χ3v) is 8.92. The summed E-state index contributed by atoms with van der Waals surface area (Å²) in [6.45, 7) is 4.30. The fourth-order valence-corrected chi connectivity index (χ4v) is 6.59. The molecule has 1 aliphatic heterocycles.